The summed E-state index contributed by atoms with van der Waals surface area (Å²) in [7, 11) is 0. The van der Waals surface area contributed by atoms with Gasteiger partial charge in [0.15, 0.2) is 6.61 Å². The second kappa shape index (κ2) is 8.52. The van der Waals surface area contributed by atoms with Crippen LogP contribution in [0, 0.1) is 17.8 Å². The molecule has 2 rings (SSSR count). The van der Waals surface area contributed by atoms with E-state index in [0.717, 1.165) is 12.8 Å². The number of benzene rings is 1. The average molecular weight is 353 g/mol. The number of ether oxygens (including phenoxy) is 2. The van der Waals surface area contributed by atoms with Crippen molar-refractivity contribution >= 4 is 23.5 Å². The minimum Gasteiger partial charge on any atom is -0.460 e. The molecule has 1 aliphatic carbocycles. The lowest BCUT2D eigenvalue weighted by atomic mass is 9.76. The summed E-state index contributed by atoms with van der Waals surface area (Å²) in [4.78, 5) is 23.9. The molecule has 3 atom stereocenters. The molecule has 1 aromatic rings. The lowest BCUT2D eigenvalue weighted by Gasteiger charge is -2.35. The number of halogens is 1. The van der Waals surface area contributed by atoms with E-state index in [1.807, 2.05) is 0 Å². The number of carbonyl (C=O) groups is 2. The van der Waals surface area contributed by atoms with E-state index in [0.29, 0.717) is 28.3 Å². The molecule has 0 radical (unpaired) electrons. The molecule has 1 fully saturated rings. The topological polar surface area (TPSA) is 52.6 Å². The molecule has 0 N–H and O–H groups in total. The van der Waals surface area contributed by atoms with Gasteiger partial charge in [0.05, 0.1) is 5.56 Å². The van der Waals surface area contributed by atoms with E-state index in [4.69, 9.17) is 21.1 Å². The van der Waals surface area contributed by atoms with E-state index in [-0.39, 0.29) is 12.7 Å². The Balaban J connectivity index is 1.81. The molecule has 0 spiro atoms. The van der Waals surface area contributed by atoms with Crippen LogP contribution in [0.15, 0.2) is 24.3 Å². The van der Waals surface area contributed by atoms with Gasteiger partial charge in [0, 0.05) is 5.02 Å². The van der Waals surface area contributed by atoms with Gasteiger partial charge in [-0.1, -0.05) is 32.4 Å². The Bertz CT molecular complexity index is 567. The molecule has 1 aromatic carbocycles. The van der Waals surface area contributed by atoms with Crippen molar-refractivity contribution in [3.63, 3.8) is 0 Å². The Kier molecular flexibility index (Phi) is 6.67. The van der Waals surface area contributed by atoms with Gasteiger partial charge in [0.2, 0.25) is 0 Å². The van der Waals surface area contributed by atoms with Crippen molar-refractivity contribution in [3.05, 3.63) is 34.9 Å². The summed E-state index contributed by atoms with van der Waals surface area (Å²) in [5, 5.41) is 0.539. The highest BCUT2D eigenvalue weighted by Crippen LogP contribution is 2.34. The monoisotopic (exact) mass is 352 g/mol. The van der Waals surface area contributed by atoms with E-state index < -0.39 is 11.9 Å². The molecule has 4 nitrogen and oxygen atoms in total. The van der Waals surface area contributed by atoms with Gasteiger partial charge in [-0.3, -0.25) is 0 Å². The highest BCUT2D eigenvalue weighted by molar-refractivity contribution is 6.30. The maximum absolute atomic E-state index is 12.0. The van der Waals surface area contributed by atoms with Crippen LogP contribution in [0.2, 0.25) is 5.02 Å². The molecular formula is C19H25ClO4. The molecular weight excluding hydrogens is 328 g/mol. The highest BCUT2D eigenvalue weighted by Gasteiger charge is 2.32. The Morgan fingerprint density at radius 2 is 1.88 bits per heavy atom. The summed E-state index contributed by atoms with van der Waals surface area (Å²) in [6.07, 6.45) is 3.03. The van der Waals surface area contributed by atoms with Crippen LogP contribution in [-0.4, -0.2) is 24.6 Å². The largest absolute Gasteiger partial charge is 0.460 e. The van der Waals surface area contributed by atoms with Crippen LogP contribution < -0.4 is 0 Å². The summed E-state index contributed by atoms with van der Waals surface area (Å²) >= 11 is 5.77. The standard InChI is InChI=1S/C19H25ClO4/c1-12(2)15-5-4-13(3)17(10-15)24-18(21)11-23-19(22)14-6-8-16(20)9-7-14/h6-9,12-13,15,17H,4-5,10-11H2,1-3H3. The second-order valence-corrected chi connectivity index (χ2v) is 7.34. The van der Waals surface area contributed by atoms with Gasteiger partial charge >= 0.3 is 11.9 Å². The predicted octanol–water partition coefficient (Wildman–Crippen LogP) is 4.50. The number of hydrogen-bond acceptors (Lipinski definition) is 4. The summed E-state index contributed by atoms with van der Waals surface area (Å²) < 4.78 is 10.6. The molecule has 5 heteroatoms. The van der Waals surface area contributed by atoms with Gasteiger partial charge in [-0.15, -0.1) is 0 Å². The molecule has 0 saturated heterocycles. The zero-order valence-corrected chi connectivity index (χ0v) is 15.2. The molecule has 0 heterocycles. The lowest BCUT2D eigenvalue weighted by Crippen LogP contribution is -2.35. The summed E-state index contributed by atoms with van der Waals surface area (Å²) in [6, 6.07) is 6.33. The smallest absolute Gasteiger partial charge is 0.344 e. The molecule has 1 saturated carbocycles. The van der Waals surface area contributed by atoms with Crippen LogP contribution in [0.1, 0.15) is 50.4 Å². The quantitative estimate of drug-likeness (QED) is 0.732. The van der Waals surface area contributed by atoms with Crippen molar-refractivity contribution in [2.24, 2.45) is 17.8 Å². The van der Waals surface area contributed by atoms with Crippen LogP contribution in [0.3, 0.4) is 0 Å². The number of hydrogen-bond donors (Lipinski definition) is 0. The predicted molar refractivity (Wildman–Crippen MR) is 93.0 cm³/mol. The molecule has 3 unspecified atom stereocenters. The van der Waals surface area contributed by atoms with Crippen LogP contribution in [0.5, 0.6) is 0 Å². The van der Waals surface area contributed by atoms with E-state index in [1.54, 1.807) is 24.3 Å². The number of carbonyl (C=O) groups excluding carboxylic acids is 2. The fourth-order valence-electron chi connectivity index (χ4n) is 3.08. The van der Waals surface area contributed by atoms with Crippen molar-refractivity contribution < 1.29 is 19.1 Å². The molecule has 0 aromatic heterocycles. The second-order valence-electron chi connectivity index (χ2n) is 6.91. The van der Waals surface area contributed by atoms with Crippen LogP contribution >= 0.6 is 11.6 Å². The third kappa shape index (κ3) is 5.23. The van der Waals surface area contributed by atoms with E-state index in [2.05, 4.69) is 20.8 Å². The maximum atomic E-state index is 12.0. The Hall–Kier alpha value is -1.55. The molecule has 0 aliphatic heterocycles. The van der Waals surface area contributed by atoms with Gasteiger partial charge in [-0.2, -0.15) is 0 Å². The van der Waals surface area contributed by atoms with Crippen molar-refractivity contribution in [2.45, 2.75) is 46.1 Å². The van der Waals surface area contributed by atoms with Crippen LogP contribution in [0.4, 0.5) is 0 Å². The van der Waals surface area contributed by atoms with E-state index >= 15 is 0 Å². The van der Waals surface area contributed by atoms with Crippen molar-refractivity contribution in [2.75, 3.05) is 6.61 Å². The number of esters is 2. The average Bonchev–Trinajstić information content (AvgIpc) is 2.55. The Labute approximate surface area is 148 Å². The normalized spacial score (nSPS) is 23.8. The first-order chi connectivity index (χ1) is 11.4. The number of rotatable bonds is 5. The molecule has 0 bridgehead atoms. The van der Waals surface area contributed by atoms with E-state index in [9.17, 15) is 9.59 Å². The third-order valence-corrected chi connectivity index (χ3v) is 5.04. The Morgan fingerprint density at radius 1 is 1.21 bits per heavy atom. The van der Waals surface area contributed by atoms with Crippen molar-refractivity contribution in [1.29, 1.82) is 0 Å². The maximum Gasteiger partial charge on any atom is 0.344 e. The fraction of sp³-hybridized carbons (Fsp3) is 0.579. The molecule has 132 valence electrons. The first kappa shape index (κ1) is 18.8. The molecule has 0 amide bonds. The zero-order chi connectivity index (χ0) is 17.7. The SMILES string of the molecule is CC(C)C1CCC(C)C(OC(=O)COC(=O)c2ccc(Cl)cc2)C1. The fourth-order valence-corrected chi connectivity index (χ4v) is 3.20. The first-order valence-corrected chi connectivity index (χ1v) is 8.86. The van der Waals surface area contributed by atoms with E-state index in [1.165, 1.54) is 6.42 Å². The van der Waals surface area contributed by atoms with Gasteiger partial charge in [-0.25, -0.2) is 9.59 Å². The first-order valence-electron chi connectivity index (χ1n) is 8.49. The van der Waals surface area contributed by atoms with Crippen LogP contribution in [0.25, 0.3) is 0 Å². The van der Waals surface area contributed by atoms with Crippen molar-refractivity contribution in [1.82, 2.24) is 0 Å². The molecule has 1 aliphatic rings. The minimum absolute atomic E-state index is 0.0899. The molecule has 24 heavy (non-hydrogen) atoms. The van der Waals surface area contributed by atoms with Crippen molar-refractivity contribution in [3.8, 4) is 0 Å². The van der Waals surface area contributed by atoms with Gasteiger partial charge in [0.1, 0.15) is 6.10 Å². The summed E-state index contributed by atoms with van der Waals surface area (Å²) in [6.45, 7) is 6.14. The zero-order valence-electron chi connectivity index (χ0n) is 14.5. The third-order valence-electron chi connectivity index (χ3n) is 4.79. The van der Waals surface area contributed by atoms with Gasteiger partial charge in [0.25, 0.3) is 0 Å². The van der Waals surface area contributed by atoms with Crippen LogP contribution in [-0.2, 0) is 14.3 Å². The van der Waals surface area contributed by atoms with Gasteiger partial charge < -0.3 is 9.47 Å². The summed E-state index contributed by atoms with van der Waals surface area (Å²) in [5.41, 5.74) is 0.359. The van der Waals surface area contributed by atoms with Gasteiger partial charge in [-0.05, 0) is 61.3 Å². The lowest BCUT2D eigenvalue weighted by molar-refractivity contribution is -0.158. The highest BCUT2D eigenvalue weighted by atomic mass is 35.5. The summed E-state index contributed by atoms with van der Waals surface area (Å²) in [5.74, 6) is 0.465. The minimum atomic E-state index is -0.555. The Morgan fingerprint density at radius 3 is 2.50 bits per heavy atom.